The van der Waals surface area contributed by atoms with E-state index in [1.54, 1.807) is 24.3 Å². The van der Waals surface area contributed by atoms with E-state index in [0.29, 0.717) is 11.3 Å². The molecule has 1 heterocycles. The van der Waals surface area contributed by atoms with Crippen molar-refractivity contribution in [3.05, 3.63) is 59.9 Å². The van der Waals surface area contributed by atoms with Crippen LogP contribution in [0.1, 0.15) is 37.4 Å². The van der Waals surface area contributed by atoms with Crippen molar-refractivity contribution in [2.24, 2.45) is 0 Å². The first-order chi connectivity index (χ1) is 10.6. The van der Waals surface area contributed by atoms with Crippen LogP contribution < -0.4 is 9.88 Å². The smallest absolute Gasteiger partial charge is 0.293 e. The zero-order valence-electron chi connectivity index (χ0n) is 12.9. The highest BCUT2D eigenvalue weighted by atomic mass is 16.2. The molecule has 2 rings (SSSR count). The fourth-order valence-electron chi connectivity index (χ4n) is 2.19. The summed E-state index contributed by atoms with van der Waals surface area (Å²) in [7, 11) is 0. The van der Waals surface area contributed by atoms with Crippen LogP contribution in [0.5, 0.6) is 0 Å². The van der Waals surface area contributed by atoms with Gasteiger partial charge in [-0.25, -0.2) is 0 Å². The van der Waals surface area contributed by atoms with Crippen LogP contribution in [0.2, 0.25) is 0 Å². The second-order valence-corrected chi connectivity index (χ2v) is 5.26. The molecule has 1 atom stereocenters. The van der Waals surface area contributed by atoms with Gasteiger partial charge in [-0.3, -0.25) is 4.79 Å². The van der Waals surface area contributed by atoms with Crippen molar-refractivity contribution < 1.29 is 9.36 Å². The lowest BCUT2D eigenvalue weighted by molar-refractivity contribution is -0.705. The van der Waals surface area contributed by atoms with E-state index < -0.39 is 0 Å². The Kier molecular flexibility index (Phi) is 5.26. The van der Waals surface area contributed by atoms with Gasteiger partial charge >= 0.3 is 0 Å². The van der Waals surface area contributed by atoms with Crippen molar-refractivity contribution in [3.8, 4) is 6.07 Å². The first kappa shape index (κ1) is 15.7. The van der Waals surface area contributed by atoms with Crippen LogP contribution in [0, 0.1) is 11.3 Å². The number of anilines is 1. The standard InChI is InChI=1S/C18H19N3O/c1-3-4-15-9-11-21(12-10-15)14(2)18(22)20-17-7-5-16(13-19)6-8-17/h5-12,14H,3-4H2,1-2H3/p+1/t14-/m0/s1. The minimum Gasteiger partial charge on any atom is -0.320 e. The van der Waals surface area contributed by atoms with Gasteiger partial charge < -0.3 is 5.32 Å². The number of nitrogens with zero attached hydrogens (tertiary/aromatic N) is 2. The molecule has 0 spiro atoms. The lowest BCUT2D eigenvalue weighted by Crippen LogP contribution is -2.44. The molecule has 0 aliphatic carbocycles. The van der Waals surface area contributed by atoms with Crippen molar-refractivity contribution in [2.75, 3.05) is 5.32 Å². The third-order valence-electron chi connectivity index (χ3n) is 3.57. The highest BCUT2D eigenvalue weighted by Gasteiger charge is 2.21. The molecule has 0 unspecified atom stereocenters. The maximum absolute atomic E-state index is 12.3. The predicted octanol–water partition coefficient (Wildman–Crippen LogP) is 3.00. The Morgan fingerprint density at radius 3 is 2.41 bits per heavy atom. The Bertz CT molecular complexity index is 669. The largest absolute Gasteiger partial charge is 0.320 e. The van der Waals surface area contributed by atoms with Gasteiger partial charge in [-0.15, -0.1) is 0 Å². The van der Waals surface area contributed by atoms with Crippen LogP contribution in [0.15, 0.2) is 48.8 Å². The Labute approximate surface area is 131 Å². The van der Waals surface area contributed by atoms with Gasteiger partial charge in [-0.1, -0.05) is 13.3 Å². The predicted molar refractivity (Wildman–Crippen MR) is 85.1 cm³/mol. The average molecular weight is 294 g/mol. The molecule has 22 heavy (non-hydrogen) atoms. The quantitative estimate of drug-likeness (QED) is 0.862. The molecule has 1 amide bonds. The van der Waals surface area contributed by atoms with E-state index in [1.807, 2.05) is 23.9 Å². The van der Waals surface area contributed by atoms with Gasteiger partial charge in [0.05, 0.1) is 11.6 Å². The Balaban J connectivity index is 2.03. The Hall–Kier alpha value is -2.67. The van der Waals surface area contributed by atoms with E-state index in [0.717, 1.165) is 12.8 Å². The van der Waals surface area contributed by atoms with Crippen molar-refractivity contribution in [1.29, 1.82) is 5.26 Å². The minimum absolute atomic E-state index is 0.0852. The second-order valence-electron chi connectivity index (χ2n) is 5.26. The zero-order chi connectivity index (χ0) is 15.9. The maximum Gasteiger partial charge on any atom is 0.293 e. The summed E-state index contributed by atoms with van der Waals surface area (Å²) < 4.78 is 1.89. The first-order valence-electron chi connectivity index (χ1n) is 7.44. The number of pyridine rings is 1. The zero-order valence-corrected chi connectivity index (χ0v) is 12.9. The summed E-state index contributed by atoms with van der Waals surface area (Å²) in [4.78, 5) is 12.3. The molecule has 0 radical (unpaired) electrons. The summed E-state index contributed by atoms with van der Waals surface area (Å²) in [5, 5.41) is 11.6. The summed E-state index contributed by atoms with van der Waals surface area (Å²) in [6.07, 6.45) is 6.04. The topological polar surface area (TPSA) is 56.8 Å². The number of carbonyl (C=O) groups excluding carboxylic acids is 1. The average Bonchev–Trinajstić information content (AvgIpc) is 2.56. The summed E-state index contributed by atoms with van der Waals surface area (Å²) >= 11 is 0. The number of aromatic nitrogens is 1. The molecule has 1 aromatic carbocycles. The third kappa shape index (κ3) is 3.92. The van der Waals surface area contributed by atoms with Gasteiger partial charge in [0.2, 0.25) is 6.04 Å². The molecule has 4 heteroatoms. The van der Waals surface area contributed by atoms with E-state index in [9.17, 15) is 4.79 Å². The molecular formula is C18H20N3O+. The van der Waals surface area contributed by atoms with Crippen LogP contribution in [-0.4, -0.2) is 5.91 Å². The van der Waals surface area contributed by atoms with Gasteiger partial charge in [0.25, 0.3) is 5.91 Å². The van der Waals surface area contributed by atoms with Crippen molar-refractivity contribution in [3.63, 3.8) is 0 Å². The lowest BCUT2D eigenvalue weighted by atomic mass is 10.1. The summed E-state index contributed by atoms with van der Waals surface area (Å²) in [5.41, 5.74) is 2.55. The molecule has 0 aliphatic heterocycles. The molecule has 1 N–H and O–H groups in total. The minimum atomic E-state index is -0.300. The molecule has 0 fully saturated rings. The van der Waals surface area contributed by atoms with Crippen molar-refractivity contribution >= 4 is 11.6 Å². The molecule has 4 nitrogen and oxygen atoms in total. The monoisotopic (exact) mass is 294 g/mol. The number of nitrogens with one attached hydrogen (secondary N) is 1. The second kappa shape index (κ2) is 7.37. The number of carbonyl (C=O) groups is 1. The Morgan fingerprint density at radius 2 is 1.86 bits per heavy atom. The van der Waals surface area contributed by atoms with E-state index >= 15 is 0 Å². The van der Waals surface area contributed by atoms with Crippen LogP contribution >= 0.6 is 0 Å². The number of nitriles is 1. The number of hydrogen-bond acceptors (Lipinski definition) is 2. The number of rotatable bonds is 5. The number of amides is 1. The van der Waals surface area contributed by atoms with Crippen LogP contribution in [0.4, 0.5) is 5.69 Å². The highest BCUT2D eigenvalue weighted by molar-refractivity contribution is 5.92. The third-order valence-corrected chi connectivity index (χ3v) is 3.57. The molecule has 0 saturated carbocycles. The number of aryl methyl sites for hydroxylation is 1. The number of hydrogen-bond donors (Lipinski definition) is 1. The molecule has 0 saturated heterocycles. The molecule has 0 bridgehead atoms. The molecule has 0 aliphatic rings. The van der Waals surface area contributed by atoms with Crippen molar-refractivity contribution in [2.45, 2.75) is 32.7 Å². The molecular weight excluding hydrogens is 274 g/mol. The Morgan fingerprint density at radius 1 is 1.23 bits per heavy atom. The summed E-state index contributed by atoms with van der Waals surface area (Å²) in [6, 6.07) is 12.7. The van der Waals surface area contributed by atoms with E-state index in [2.05, 4.69) is 30.4 Å². The van der Waals surface area contributed by atoms with Crippen LogP contribution in [-0.2, 0) is 11.2 Å². The summed E-state index contributed by atoms with van der Waals surface area (Å²) in [5.74, 6) is -0.0852. The fourth-order valence-corrected chi connectivity index (χ4v) is 2.19. The molecule has 112 valence electrons. The van der Waals surface area contributed by atoms with E-state index in [-0.39, 0.29) is 11.9 Å². The molecule has 2 aromatic rings. The summed E-state index contributed by atoms with van der Waals surface area (Å²) in [6.45, 7) is 4.01. The van der Waals surface area contributed by atoms with Crippen molar-refractivity contribution in [1.82, 2.24) is 0 Å². The fraction of sp³-hybridized carbons (Fsp3) is 0.278. The van der Waals surface area contributed by atoms with E-state index in [4.69, 9.17) is 5.26 Å². The van der Waals surface area contributed by atoms with Crippen LogP contribution in [0.3, 0.4) is 0 Å². The maximum atomic E-state index is 12.3. The SMILES string of the molecule is CCCc1cc[n+]([C@@H](C)C(=O)Nc2ccc(C#N)cc2)cc1. The van der Waals surface area contributed by atoms with Gasteiger partial charge in [0.1, 0.15) is 0 Å². The van der Waals surface area contributed by atoms with Gasteiger partial charge in [0.15, 0.2) is 12.4 Å². The highest BCUT2D eigenvalue weighted by Crippen LogP contribution is 2.10. The van der Waals surface area contributed by atoms with Gasteiger partial charge in [-0.05, 0) is 36.2 Å². The van der Waals surface area contributed by atoms with Gasteiger partial charge in [-0.2, -0.15) is 9.83 Å². The molecule has 1 aromatic heterocycles. The van der Waals surface area contributed by atoms with Crippen LogP contribution in [0.25, 0.3) is 0 Å². The lowest BCUT2D eigenvalue weighted by Gasteiger charge is -2.09. The number of benzene rings is 1. The first-order valence-corrected chi connectivity index (χ1v) is 7.44. The van der Waals surface area contributed by atoms with Gasteiger partial charge in [0, 0.05) is 24.7 Å². The van der Waals surface area contributed by atoms with E-state index in [1.165, 1.54) is 5.56 Å². The normalized spacial score (nSPS) is 11.5.